The van der Waals surface area contributed by atoms with E-state index in [1.807, 2.05) is 13.8 Å². The number of nitrogens with one attached hydrogen (secondary N) is 1. The smallest absolute Gasteiger partial charge is 0.305 e. The first-order valence-corrected chi connectivity index (χ1v) is 6.04. The third-order valence-corrected chi connectivity index (χ3v) is 2.89. The Balaban J connectivity index is 3.02. The Morgan fingerprint density at radius 1 is 1.47 bits per heavy atom. The highest BCUT2D eigenvalue weighted by Crippen LogP contribution is 2.27. The summed E-state index contributed by atoms with van der Waals surface area (Å²) in [7, 11) is 0. The lowest BCUT2D eigenvalue weighted by Crippen LogP contribution is -2.28. The highest BCUT2D eigenvalue weighted by Gasteiger charge is 2.21. The van der Waals surface area contributed by atoms with E-state index in [1.54, 1.807) is 19.1 Å². The normalized spacial score (nSPS) is 12.2. The molecule has 0 aromatic heterocycles. The minimum absolute atomic E-state index is 0.0314. The molecular weight excluding hydrogens is 248 g/mol. The van der Waals surface area contributed by atoms with Crippen molar-refractivity contribution in [2.75, 3.05) is 5.32 Å². The number of carboxylic acids is 1. The largest absolute Gasteiger partial charge is 0.481 e. The number of rotatable bonds is 6. The van der Waals surface area contributed by atoms with Gasteiger partial charge in [0.15, 0.2) is 0 Å². The van der Waals surface area contributed by atoms with Crippen molar-refractivity contribution in [2.45, 2.75) is 33.2 Å². The minimum Gasteiger partial charge on any atom is -0.481 e. The fourth-order valence-corrected chi connectivity index (χ4v) is 1.76. The molecule has 0 saturated carbocycles. The van der Waals surface area contributed by atoms with Gasteiger partial charge in [-0.25, -0.2) is 0 Å². The Kier molecular flexibility index (Phi) is 4.86. The molecule has 0 aliphatic heterocycles. The van der Waals surface area contributed by atoms with Crippen molar-refractivity contribution < 1.29 is 14.8 Å². The second kappa shape index (κ2) is 6.17. The zero-order chi connectivity index (χ0) is 14.6. The predicted octanol–water partition coefficient (Wildman–Crippen LogP) is 2.81. The van der Waals surface area contributed by atoms with Crippen molar-refractivity contribution in [2.24, 2.45) is 5.92 Å². The molecule has 1 aromatic rings. The molecule has 0 amide bonds. The first-order chi connectivity index (χ1) is 8.81. The molecule has 1 atom stereocenters. The Bertz CT molecular complexity index is 486. The summed E-state index contributed by atoms with van der Waals surface area (Å²) in [6.45, 7) is 5.52. The highest BCUT2D eigenvalue weighted by molar-refractivity contribution is 5.69. The van der Waals surface area contributed by atoms with Crippen LogP contribution in [0.15, 0.2) is 18.2 Å². The maximum atomic E-state index is 11.0. The van der Waals surface area contributed by atoms with Gasteiger partial charge in [-0.2, -0.15) is 0 Å². The molecule has 0 fully saturated rings. The van der Waals surface area contributed by atoms with E-state index in [-0.39, 0.29) is 24.1 Å². The number of hydrogen-bond acceptors (Lipinski definition) is 4. The van der Waals surface area contributed by atoms with Gasteiger partial charge in [0.05, 0.1) is 11.3 Å². The second-order valence-corrected chi connectivity index (χ2v) is 4.87. The summed E-state index contributed by atoms with van der Waals surface area (Å²) in [5.41, 5.74) is 1.11. The van der Waals surface area contributed by atoms with Crippen LogP contribution in [-0.4, -0.2) is 22.0 Å². The summed E-state index contributed by atoms with van der Waals surface area (Å²) < 4.78 is 0. The first kappa shape index (κ1) is 14.9. The third-order valence-electron chi connectivity index (χ3n) is 2.89. The molecule has 1 aromatic carbocycles. The van der Waals surface area contributed by atoms with Crippen LogP contribution in [0.1, 0.15) is 25.8 Å². The molecule has 0 aliphatic rings. The molecule has 0 saturated heterocycles. The van der Waals surface area contributed by atoms with Crippen molar-refractivity contribution in [3.63, 3.8) is 0 Å². The maximum Gasteiger partial charge on any atom is 0.305 e. The number of nitrogens with zero attached hydrogens (tertiary/aromatic N) is 1. The van der Waals surface area contributed by atoms with Gasteiger partial charge in [-0.05, 0) is 24.5 Å². The first-order valence-electron chi connectivity index (χ1n) is 6.04. The van der Waals surface area contributed by atoms with Crippen molar-refractivity contribution in [1.29, 1.82) is 0 Å². The fourth-order valence-electron chi connectivity index (χ4n) is 1.76. The van der Waals surface area contributed by atoms with E-state index in [2.05, 4.69) is 5.32 Å². The quantitative estimate of drug-likeness (QED) is 0.610. The van der Waals surface area contributed by atoms with Crippen LogP contribution in [0.25, 0.3) is 0 Å². The molecule has 19 heavy (non-hydrogen) atoms. The Hall–Kier alpha value is -2.11. The number of carboxylic acid groups (broad SMARTS) is 1. The van der Waals surface area contributed by atoms with E-state index < -0.39 is 10.9 Å². The van der Waals surface area contributed by atoms with Gasteiger partial charge in [0, 0.05) is 12.1 Å². The molecule has 0 bridgehead atoms. The van der Waals surface area contributed by atoms with Crippen LogP contribution in [0.4, 0.5) is 11.4 Å². The van der Waals surface area contributed by atoms with Gasteiger partial charge in [-0.15, -0.1) is 0 Å². The number of hydrogen-bond donors (Lipinski definition) is 2. The third kappa shape index (κ3) is 4.24. The van der Waals surface area contributed by atoms with E-state index >= 15 is 0 Å². The monoisotopic (exact) mass is 266 g/mol. The zero-order valence-corrected chi connectivity index (χ0v) is 11.2. The molecule has 0 radical (unpaired) electrons. The lowest BCUT2D eigenvalue weighted by Gasteiger charge is -2.21. The summed E-state index contributed by atoms with van der Waals surface area (Å²) in [4.78, 5) is 21.3. The molecular formula is C13H18N2O4. The van der Waals surface area contributed by atoms with E-state index in [1.165, 1.54) is 6.07 Å². The van der Waals surface area contributed by atoms with Crippen LogP contribution in [0.5, 0.6) is 0 Å². The summed E-state index contributed by atoms with van der Waals surface area (Å²) in [5.74, 6) is -0.877. The SMILES string of the molecule is Cc1ccc(NC(CC(=O)O)C(C)C)c([N+](=O)[O-])c1. The van der Waals surface area contributed by atoms with Crippen molar-refractivity contribution in [1.82, 2.24) is 0 Å². The molecule has 6 heteroatoms. The van der Waals surface area contributed by atoms with E-state index in [0.717, 1.165) is 5.56 Å². The van der Waals surface area contributed by atoms with Gasteiger partial charge in [0.1, 0.15) is 5.69 Å². The Labute approximate surface area is 111 Å². The van der Waals surface area contributed by atoms with Crippen molar-refractivity contribution in [3.05, 3.63) is 33.9 Å². The molecule has 0 aliphatic carbocycles. The highest BCUT2D eigenvalue weighted by atomic mass is 16.6. The second-order valence-electron chi connectivity index (χ2n) is 4.87. The van der Waals surface area contributed by atoms with E-state index in [9.17, 15) is 14.9 Å². The van der Waals surface area contributed by atoms with Crippen LogP contribution >= 0.6 is 0 Å². The van der Waals surface area contributed by atoms with Gasteiger partial charge < -0.3 is 10.4 Å². The zero-order valence-electron chi connectivity index (χ0n) is 11.2. The Morgan fingerprint density at radius 3 is 2.58 bits per heavy atom. The van der Waals surface area contributed by atoms with Gasteiger partial charge in [-0.1, -0.05) is 19.9 Å². The van der Waals surface area contributed by atoms with Crippen LogP contribution < -0.4 is 5.32 Å². The average Bonchev–Trinajstić information content (AvgIpc) is 2.29. The van der Waals surface area contributed by atoms with Crippen LogP contribution in [0, 0.1) is 23.0 Å². The summed E-state index contributed by atoms with van der Waals surface area (Å²) >= 11 is 0. The minimum atomic E-state index is -0.930. The van der Waals surface area contributed by atoms with E-state index in [4.69, 9.17) is 5.11 Å². The van der Waals surface area contributed by atoms with Crippen LogP contribution in [-0.2, 0) is 4.79 Å². The number of nitro groups is 1. The average molecular weight is 266 g/mol. The molecule has 1 unspecified atom stereocenters. The van der Waals surface area contributed by atoms with Crippen molar-refractivity contribution in [3.8, 4) is 0 Å². The molecule has 6 nitrogen and oxygen atoms in total. The van der Waals surface area contributed by atoms with Crippen molar-refractivity contribution >= 4 is 17.3 Å². The number of aryl methyl sites for hydroxylation is 1. The van der Waals surface area contributed by atoms with Gasteiger partial charge >= 0.3 is 5.97 Å². The Morgan fingerprint density at radius 2 is 2.11 bits per heavy atom. The standard InChI is InChI=1S/C13H18N2O4/c1-8(2)11(7-13(16)17)14-10-5-4-9(3)6-12(10)15(18)19/h4-6,8,11,14H,7H2,1-3H3,(H,16,17). The van der Waals surface area contributed by atoms with Crippen LogP contribution in [0.3, 0.4) is 0 Å². The topological polar surface area (TPSA) is 92.5 Å². The van der Waals surface area contributed by atoms with Crippen LogP contribution in [0.2, 0.25) is 0 Å². The number of anilines is 1. The summed E-state index contributed by atoms with van der Waals surface area (Å²) in [6.07, 6.45) is -0.0807. The lowest BCUT2D eigenvalue weighted by atomic mass is 10.0. The van der Waals surface area contributed by atoms with Gasteiger partial charge in [-0.3, -0.25) is 14.9 Å². The molecule has 0 heterocycles. The van der Waals surface area contributed by atoms with Gasteiger partial charge in [0.25, 0.3) is 5.69 Å². The molecule has 104 valence electrons. The number of aliphatic carboxylic acids is 1. The number of nitro benzene ring substituents is 1. The van der Waals surface area contributed by atoms with E-state index in [0.29, 0.717) is 5.69 Å². The molecule has 0 spiro atoms. The summed E-state index contributed by atoms with van der Waals surface area (Å²) in [6, 6.07) is 4.50. The lowest BCUT2D eigenvalue weighted by molar-refractivity contribution is -0.384. The molecule has 1 rings (SSSR count). The number of benzene rings is 1. The fraction of sp³-hybridized carbons (Fsp3) is 0.462. The predicted molar refractivity (Wildman–Crippen MR) is 72.3 cm³/mol. The molecule has 2 N–H and O–H groups in total. The van der Waals surface area contributed by atoms with Gasteiger partial charge in [0.2, 0.25) is 0 Å². The number of carbonyl (C=O) groups is 1. The maximum absolute atomic E-state index is 11.0. The summed E-state index contributed by atoms with van der Waals surface area (Å²) in [5, 5.41) is 22.8.